The first-order chi connectivity index (χ1) is 10.2. The zero-order valence-corrected chi connectivity index (χ0v) is 12.7. The lowest BCUT2D eigenvalue weighted by atomic mass is 9.99. The largest absolute Gasteiger partial charge is 0.483 e. The minimum Gasteiger partial charge on any atom is -0.483 e. The molecule has 1 aliphatic rings. The molecular formula is C16H18ClN3O. The van der Waals surface area contributed by atoms with Gasteiger partial charge in [-0.05, 0) is 43.7 Å². The number of rotatable bonds is 4. The summed E-state index contributed by atoms with van der Waals surface area (Å²) in [6.45, 7) is 3.96. The summed E-state index contributed by atoms with van der Waals surface area (Å²) in [7, 11) is 0. The van der Waals surface area contributed by atoms with Crippen molar-refractivity contribution in [1.82, 2.24) is 15.3 Å². The molecule has 1 fully saturated rings. The van der Waals surface area contributed by atoms with Crippen molar-refractivity contribution < 1.29 is 4.74 Å². The van der Waals surface area contributed by atoms with Crippen molar-refractivity contribution >= 4 is 11.6 Å². The van der Waals surface area contributed by atoms with E-state index in [2.05, 4.69) is 15.3 Å². The summed E-state index contributed by atoms with van der Waals surface area (Å²) < 4.78 is 6.27. The third-order valence-corrected chi connectivity index (χ3v) is 4.03. The van der Waals surface area contributed by atoms with Gasteiger partial charge in [-0.3, -0.25) is 9.97 Å². The Balaban J connectivity index is 1.88. The summed E-state index contributed by atoms with van der Waals surface area (Å²) in [5.74, 6) is 1.25. The van der Waals surface area contributed by atoms with Crippen molar-refractivity contribution in [1.29, 1.82) is 0 Å². The van der Waals surface area contributed by atoms with Gasteiger partial charge in [-0.2, -0.15) is 0 Å². The Bertz CT molecular complexity index is 600. The second kappa shape index (κ2) is 6.41. The van der Waals surface area contributed by atoms with Crippen molar-refractivity contribution in [2.75, 3.05) is 13.1 Å². The molecule has 1 aromatic heterocycles. The third kappa shape index (κ3) is 3.34. The maximum absolute atomic E-state index is 6.27. The maximum atomic E-state index is 6.27. The fraction of sp³-hybridized carbons (Fsp3) is 0.375. The van der Waals surface area contributed by atoms with E-state index >= 15 is 0 Å². The molecule has 1 N–H and O–H groups in total. The summed E-state index contributed by atoms with van der Waals surface area (Å²) in [6, 6.07) is 5.69. The molecular weight excluding hydrogens is 286 g/mol. The molecule has 2 atom stereocenters. The van der Waals surface area contributed by atoms with Gasteiger partial charge in [0, 0.05) is 29.9 Å². The number of ether oxygens (including phenoxy) is 1. The first-order valence-electron chi connectivity index (χ1n) is 7.13. The Morgan fingerprint density at radius 1 is 1.38 bits per heavy atom. The molecule has 4 nitrogen and oxygen atoms in total. The maximum Gasteiger partial charge on any atom is 0.146 e. The SMILES string of the molecule is Cc1cc(Cl)ccc1OC(c1cnccn1)C1CCNC1. The monoisotopic (exact) mass is 303 g/mol. The molecule has 1 aliphatic heterocycles. The summed E-state index contributed by atoms with van der Waals surface area (Å²) in [5, 5.41) is 4.10. The van der Waals surface area contributed by atoms with E-state index in [1.807, 2.05) is 25.1 Å². The summed E-state index contributed by atoms with van der Waals surface area (Å²) in [5.41, 5.74) is 1.91. The summed E-state index contributed by atoms with van der Waals surface area (Å²) >= 11 is 6.01. The van der Waals surface area contributed by atoms with Crippen molar-refractivity contribution in [2.24, 2.45) is 5.92 Å². The van der Waals surface area contributed by atoms with E-state index in [0.29, 0.717) is 5.92 Å². The van der Waals surface area contributed by atoms with Crippen LogP contribution in [0, 0.1) is 12.8 Å². The van der Waals surface area contributed by atoms with Gasteiger partial charge in [0.2, 0.25) is 0 Å². The lowest BCUT2D eigenvalue weighted by molar-refractivity contribution is 0.138. The van der Waals surface area contributed by atoms with Crippen LogP contribution in [0.25, 0.3) is 0 Å². The Morgan fingerprint density at radius 2 is 2.29 bits per heavy atom. The van der Waals surface area contributed by atoms with Crippen LogP contribution in [-0.4, -0.2) is 23.1 Å². The second-order valence-corrected chi connectivity index (χ2v) is 5.77. The number of hydrogen-bond donors (Lipinski definition) is 1. The van der Waals surface area contributed by atoms with Gasteiger partial charge in [-0.25, -0.2) is 0 Å². The van der Waals surface area contributed by atoms with Gasteiger partial charge in [0.15, 0.2) is 0 Å². The molecule has 0 bridgehead atoms. The first kappa shape index (κ1) is 14.3. The highest BCUT2D eigenvalue weighted by Gasteiger charge is 2.29. The van der Waals surface area contributed by atoms with E-state index in [9.17, 15) is 0 Å². The summed E-state index contributed by atoms with van der Waals surface area (Å²) in [6.07, 6.45) is 6.17. The normalized spacial score (nSPS) is 19.4. The van der Waals surface area contributed by atoms with Gasteiger partial charge in [0.05, 0.1) is 11.9 Å². The smallest absolute Gasteiger partial charge is 0.146 e. The molecule has 2 heterocycles. The average molecular weight is 304 g/mol. The lowest BCUT2D eigenvalue weighted by Crippen LogP contribution is -2.22. The Kier molecular flexibility index (Phi) is 4.36. The van der Waals surface area contributed by atoms with Crippen LogP contribution in [0.2, 0.25) is 5.02 Å². The van der Waals surface area contributed by atoms with Crippen LogP contribution < -0.4 is 10.1 Å². The Morgan fingerprint density at radius 3 is 2.95 bits per heavy atom. The summed E-state index contributed by atoms with van der Waals surface area (Å²) in [4.78, 5) is 8.60. The number of hydrogen-bond acceptors (Lipinski definition) is 4. The second-order valence-electron chi connectivity index (χ2n) is 5.33. The fourth-order valence-electron chi connectivity index (χ4n) is 2.67. The van der Waals surface area contributed by atoms with Crippen LogP contribution in [0.5, 0.6) is 5.75 Å². The van der Waals surface area contributed by atoms with Crippen molar-refractivity contribution in [3.63, 3.8) is 0 Å². The average Bonchev–Trinajstić information content (AvgIpc) is 3.01. The molecule has 0 amide bonds. The number of halogens is 1. The molecule has 0 saturated carbocycles. The highest BCUT2D eigenvalue weighted by atomic mass is 35.5. The van der Waals surface area contributed by atoms with Crippen LogP contribution >= 0.6 is 11.6 Å². The standard InChI is InChI=1S/C16H18ClN3O/c1-11-8-13(17)2-3-15(11)21-16(12-4-5-18-9-12)14-10-19-6-7-20-14/h2-3,6-8,10,12,16,18H,4-5,9H2,1H3. The van der Waals surface area contributed by atoms with Gasteiger partial charge >= 0.3 is 0 Å². The van der Waals surface area contributed by atoms with Gasteiger partial charge in [0.1, 0.15) is 11.9 Å². The van der Waals surface area contributed by atoms with Gasteiger partial charge in [0.25, 0.3) is 0 Å². The fourth-order valence-corrected chi connectivity index (χ4v) is 2.90. The Hall–Kier alpha value is -1.65. The molecule has 5 heteroatoms. The molecule has 0 aliphatic carbocycles. The molecule has 0 spiro atoms. The third-order valence-electron chi connectivity index (χ3n) is 3.79. The lowest BCUT2D eigenvalue weighted by Gasteiger charge is -2.24. The van der Waals surface area contributed by atoms with E-state index in [4.69, 9.17) is 16.3 Å². The number of aromatic nitrogens is 2. The molecule has 1 aromatic carbocycles. The topological polar surface area (TPSA) is 47.0 Å². The molecule has 110 valence electrons. The van der Waals surface area contributed by atoms with Crippen molar-refractivity contribution in [2.45, 2.75) is 19.4 Å². The highest BCUT2D eigenvalue weighted by molar-refractivity contribution is 6.30. The van der Waals surface area contributed by atoms with Gasteiger partial charge < -0.3 is 10.1 Å². The van der Waals surface area contributed by atoms with Gasteiger partial charge in [-0.15, -0.1) is 0 Å². The van der Waals surface area contributed by atoms with Crippen LogP contribution in [0.1, 0.15) is 23.8 Å². The van der Waals surface area contributed by atoms with Gasteiger partial charge in [-0.1, -0.05) is 11.6 Å². The number of nitrogens with zero attached hydrogens (tertiary/aromatic N) is 2. The van der Waals surface area contributed by atoms with E-state index in [1.54, 1.807) is 18.6 Å². The quantitative estimate of drug-likeness (QED) is 0.942. The van der Waals surface area contributed by atoms with E-state index in [1.165, 1.54) is 0 Å². The number of nitrogens with one attached hydrogen (secondary N) is 1. The van der Waals surface area contributed by atoms with Crippen molar-refractivity contribution in [3.8, 4) is 5.75 Å². The van der Waals surface area contributed by atoms with E-state index < -0.39 is 0 Å². The molecule has 21 heavy (non-hydrogen) atoms. The number of aryl methyl sites for hydroxylation is 1. The zero-order valence-electron chi connectivity index (χ0n) is 11.9. The van der Waals surface area contributed by atoms with Crippen LogP contribution in [0.15, 0.2) is 36.8 Å². The van der Waals surface area contributed by atoms with E-state index in [0.717, 1.165) is 41.5 Å². The van der Waals surface area contributed by atoms with Crippen LogP contribution in [0.4, 0.5) is 0 Å². The molecule has 1 saturated heterocycles. The number of benzene rings is 1. The highest BCUT2D eigenvalue weighted by Crippen LogP contribution is 2.33. The first-order valence-corrected chi connectivity index (χ1v) is 7.51. The minimum absolute atomic E-state index is 0.0893. The zero-order chi connectivity index (χ0) is 14.7. The van der Waals surface area contributed by atoms with Crippen molar-refractivity contribution in [3.05, 3.63) is 53.1 Å². The predicted octanol–water partition coefficient (Wildman–Crippen LogP) is 3.17. The molecule has 2 unspecified atom stereocenters. The molecule has 2 aromatic rings. The Labute approximate surface area is 129 Å². The van der Waals surface area contributed by atoms with Crippen LogP contribution in [0.3, 0.4) is 0 Å². The molecule has 0 radical (unpaired) electrons. The van der Waals surface area contributed by atoms with Crippen LogP contribution in [-0.2, 0) is 0 Å². The minimum atomic E-state index is -0.0893. The predicted molar refractivity (Wildman–Crippen MR) is 82.6 cm³/mol. The molecule has 3 rings (SSSR count). The van der Waals surface area contributed by atoms with E-state index in [-0.39, 0.29) is 6.10 Å².